The van der Waals surface area contributed by atoms with E-state index in [9.17, 15) is 12.6 Å². The number of benzene rings is 1. The Labute approximate surface area is 134 Å². The maximum Gasteiger partial charge on any atom is 0.242 e. The van der Waals surface area contributed by atoms with Gasteiger partial charge in [-0.1, -0.05) is 11.6 Å². The predicted octanol–water partition coefficient (Wildman–Crippen LogP) is 2.12. The van der Waals surface area contributed by atoms with E-state index in [1.54, 1.807) is 13.2 Å². The third kappa shape index (κ3) is 5.00. The minimum Gasteiger partial charge on any atom is -0.398 e. The Morgan fingerprint density at radius 3 is 2.65 bits per heavy atom. The van der Waals surface area contributed by atoms with Crippen LogP contribution in [-0.2, 0) is 20.8 Å². The van der Waals surface area contributed by atoms with Crippen LogP contribution in [0.4, 0.5) is 5.69 Å². The Hall–Kier alpha value is -0.150. The second-order valence-electron chi connectivity index (χ2n) is 4.40. The van der Waals surface area contributed by atoms with Gasteiger partial charge in [0.05, 0.1) is 9.37 Å². The first-order valence-electron chi connectivity index (χ1n) is 5.70. The van der Waals surface area contributed by atoms with Crippen molar-refractivity contribution in [2.24, 2.45) is 0 Å². The molecule has 20 heavy (non-hydrogen) atoms. The SMILES string of the molecule is CC(CCS(C)=O)NS(=O)(=O)c1cc(Cl)cc(N)c1Br. The van der Waals surface area contributed by atoms with Gasteiger partial charge in [0.15, 0.2) is 0 Å². The van der Waals surface area contributed by atoms with Gasteiger partial charge >= 0.3 is 0 Å². The van der Waals surface area contributed by atoms with Gasteiger partial charge in [0.25, 0.3) is 0 Å². The molecule has 0 aromatic heterocycles. The van der Waals surface area contributed by atoms with Crippen LogP contribution in [0, 0.1) is 0 Å². The Morgan fingerprint density at radius 1 is 1.50 bits per heavy atom. The van der Waals surface area contributed by atoms with E-state index in [0.29, 0.717) is 12.2 Å². The monoisotopic (exact) mass is 402 g/mol. The van der Waals surface area contributed by atoms with Crippen LogP contribution in [0.25, 0.3) is 0 Å². The molecule has 0 aliphatic carbocycles. The van der Waals surface area contributed by atoms with E-state index in [1.165, 1.54) is 12.1 Å². The normalized spacial score (nSPS) is 15.0. The van der Waals surface area contributed by atoms with Gasteiger partial charge in [-0.3, -0.25) is 4.21 Å². The van der Waals surface area contributed by atoms with Gasteiger partial charge in [0, 0.05) is 39.6 Å². The number of hydrogen-bond acceptors (Lipinski definition) is 4. The summed E-state index contributed by atoms with van der Waals surface area (Å²) in [5, 5.41) is 0.244. The molecule has 5 nitrogen and oxygen atoms in total. The summed E-state index contributed by atoms with van der Waals surface area (Å²) in [4.78, 5) is -0.00743. The van der Waals surface area contributed by atoms with Gasteiger partial charge in [-0.15, -0.1) is 0 Å². The molecule has 9 heteroatoms. The lowest BCUT2D eigenvalue weighted by molar-refractivity contribution is 0.555. The van der Waals surface area contributed by atoms with Crippen LogP contribution in [0.3, 0.4) is 0 Å². The van der Waals surface area contributed by atoms with Crippen LogP contribution in [0.5, 0.6) is 0 Å². The maximum absolute atomic E-state index is 12.3. The van der Waals surface area contributed by atoms with E-state index in [0.717, 1.165) is 0 Å². The van der Waals surface area contributed by atoms with Crippen molar-refractivity contribution >= 4 is 54.0 Å². The highest BCUT2D eigenvalue weighted by Gasteiger charge is 2.22. The molecule has 0 bridgehead atoms. The molecule has 0 amide bonds. The van der Waals surface area contributed by atoms with Crippen LogP contribution in [0.15, 0.2) is 21.5 Å². The Balaban J connectivity index is 2.97. The molecule has 3 N–H and O–H groups in total. The number of hydrogen-bond donors (Lipinski definition) is 2. The third-order valence-corrected chi connectivity index (χ3v) is 6.31. The summed E-state index contributed by atoms with van der Waals surface area (Å²) in [6.07, 6.45) is 2.06. The predicted molar refractivity (Wildman–Crippen MR) is 86.9 cm³/mol. The third-order valence-electron chi connectivity index (χ3n) is 2.52. The fraction of sp³-hybridized carbons (Fsp3) is 0.455. The topological polar surface area (TPSA) is 89.3 Å². The quantitative estimate of drug-likeness (QED) is 0.712. The minimum atomic E-state index is -3.74. The first-order valence-corrected chi connectivity index (χ1v) is 10.1. The number of nitrogen functional groups attached to an aromatic ring is 1. The Bertz CT molecular complexity index is 622. The molecule has 2 unspecified atom stereocenters. The summed E-state index contributed by atoms with van der Waals surface area (Å²) in [5.74, 6) is 0.433. The van der Waals surface area contributed by atoms with E-state index in [4.69, 9.17) is 17.3 Å². The zero-order valence-corrected chi connectivity index (χ0v) is 15.0. The largest absolute Gasteiger partial charge is 0.398 e. The number of nitrogens with two attached hydrogens (primary N) is 1. The number of sulfonamides is 1. The van der Waals surface area contributed by atoms with E-state index >= 15 is 0 Å². The van der Waals surface area contributed by atoms with Crippen molar-refractivity contribution in [1.29, 1.82) is 0 Å². The molecule has 0 spiro atoms. The lowest BCUT2D eigenvalue weighted by Gasteiger charge is -2.15. The Morgan fingerprint density at radius 2 is 2.10 bits per heavy atom. The zero-order chi connectivity index (χ0) is 15.5. The van der Waals surface area contributed by atoms with Crippen LogP contribution in [0.1, 0.15) is 13.3 Å². The smallest absolute Gasteiger partial charge is 0.242 e. The van der Waals surface area contributed by atoms with Crippen molar-refractivity contribution < 1.29 is 12.6 Å². The molecule has 0 aliphatic heterocycles. The highest BCUT2D eigenvalue weighted by molar-refractivity contribution is 9.10. The molecular weight excluding hydrogens is 388 g/mol. The van der Waals surface area contributed by atoms with E-state index in [2.05, 4.69) is 20.7 Å². The van der Waals surface area contributed by atoms with Crippen molar-refractivity contribution in [3.63, 3.8) is 0 Å². The molecule has 0 fully saturated rings. The summed E-state index contributed by atoms with van der Waals surface area (Å²) >= 11 is 8.99. The van der Waals surface area contributed by atoms with Gasteiger partial charge in [-0.2, -0.15) is 0 Å². The summed E-state index contributed by atoms with van der Waals surface area (Å²) in [7, 11) is -4.70. The van der Waals surface area contributed by atoms with Crippen molar-refractivity contribution in [3.8, 4) is 0 Å². The second kappa shape index (κ2) is 7.22. The van der Waals surface area contributed by atoms with Crippen LogP contribution < -0.4 is 10.5 Å². The van der Waals surface area contributed by atoms with Crippen molar-refractivity contribution in [3.05, 3.63) is 21.6 Å². The highest BCUT2D eigenvalue weighted by atomic mass is 79.9. The second-order valence-corrected chi connectivity index (χ2v) is 8.86. The van der Waals surface area contributed by atoms with Crippen LogP contribution in [0.2, 0.25) is 5.02 Å². The van der Waals surface area contributed by atoms with E-state index in [-0.39, 0.29) is 26.1 Å². The first kappa shape index (κ1) is 17.9. The van der Waals surface area contributed by atoms with Crippen molar-refractivity contribution in [1.82, 2.24) is 4.72 Å². The van der Waals surface area contributed by atoms with Crippen LogP contribution >= 0.6 is 27.5 Å². The summed E-state index contributed by atoms with van der Waals surface area (Å²) in [5.41, 5.74) is 5.93. The molecule has 1 aromatic rings. The molecule has 0 aliphatic rings. The van der Waals surface area contributed by atoms with Crippen molar-refractivity contribution in [2.45, 2.75) is 24.3 Å². The maximum atomic E-state index is 12.3. The molecule has 1 rings (SSSR count). The van der Waals surface area contributed by atoms with E-state index in [1.807, 2.05) is 0 Å². The molecule has 1 aromatic carbocycles. The standard InChI is InChI=1S/C11H16BrClN2O3S2/c1-7(3-4-19(2)16)15-20(17,18)10-6-8(13)5-9(14)11(10)12/h5-7,15H,3-4,14H2,1-2H3. The summed E-state index contributed by atoms with van der Waals surface area (Å²) in [6.45, 7) is 1.71. The van der Waals surface area contributed by atoms with Gasteiger partial charge in [0.1, 0.15) is 0 Å². The first-order chi connectivity index (χ1) is 9.13. The fourth-order valence-electron chi connectivity index (χ4n) is 1.51. The van der Waals surface area contributed by atoms with Gasteiger partial charge in [-0.05, 0) is 41.4 Å². The molecule has 0 saturated carbocycles. The highest BCUT2D eigenvalue weighted by Crippen LogP contribution is 2.31. The molecule has 114 valence electrons. The lowest BCUT2D eigenvalue weighted by Crippen LogP contribution is -2.33. The molecular formula is C11H16BrClN2O3S2. The van der Waals surface area contributed by atoms with E-state index < -0.39 is 20.8 Å². The summed E-state index contributed by atoms with van der Waals surface area (Å²) in [6, 6.07) is 2.46. The average Bonchev–Trinajstić information content (AvgIpc) is 2.30. The summed E-state index contributed by atoms with van der Waals surface area (Å²) < 4.78 is 38.4. The number of halogens is 2. The zero-order valence-electron chi connectivity index (χ0n) is 11.0. The van der Waals surface area contributed by atoms with Crippen LogP contribution in [-0.4, -0.2) is 30.7 Å². The molecule has 0 heterocycles. The molecule has 0 saturated heterocycles. The average molecular weight is 404 g/mol. The minimum absolute atomic E-state index is 0.00743. The Kier molecular flexibility index (Phi) is 6.46. The fourth-order valence-corrected chi connectivity index (χ4v) is 4.77. The van der Waals surface area contributed by atoms with Crippen molar-refractivity contribution in [2.75, 3.05) is 17.7 Å². The van der Waals surface area contributed by atoms with Gasteiger partial charge in [-0.25, -0.2) is 13.1 Å². The molecule has 2 atom stereocenters. The van der Waals surface area contributed by atoms with Gasteiger partial charge in [0.2, 0.25) is 10.0 Å². The number of anilines is 1. The number of rotatable bonds is 6. The lowest BCUT2D eigenvalue weighted by atomic mass is 10.3. The number of nitrogens with one attached hydrogen (secondary N) is 1. The molecule has 0 radical (unpaired) electrons. The van der Waals surface area contributed by atoms with Gasteiger partial charge < -0.3 is 5.73 Å².